The Hall–Kier alpha value is -1.07. The predicted octanol–water partition coefficient (Wildman–Crippen LogP) is 2.26. The molecule has 0 bridgehead atoms. The number of aliphatic hydroxyl groups is 1. The molecule has 1 aliphatic rings. The van der Waals surface area contributed by atoms with Gasteiger partial charge in [-0.2, -0.15) is 0 Å². The minimum absolute atomic E-state index is 0.0729. The lowest BCUT2D eigenvalue weighted by Crippen LogP contribution is -2.51. The van der Waals surface area contributed by atoms with Crippen molar-refractivity contribution in [3.8, 4) is 0 Å². The van der Waals surface area contributed by atoms with Gasteiger partial charge in [0.1, 0.15) is 6.23 Å². The fourth-order valence-corrected chi connectivity index (χ4v) is 2.45. The van der Waals surface area contributed by atoms with Crippen molar-refractivity contribution in [2.75, 3.05) is 26.2 Å². The van der Waals surface area contributed by atoms with E-state index in [0.717, 1.165) is 0 Å². The van der Waals surface area contributed by atoms with Crippen molar-refractivity contribution < 1.29 is 9.90 Å². The van der Waals surface area contributed by atoms with Crippen LogP contribution in [0.2, 0.25) is 10.0 Å². The molecule has 6 heteroatoms. The summed E-state index contributed by atoms with van der Waals surface area (Å²) in [4.78, 5) is 15.9. The molecule has 1 heterocycles. The smallest absolute Gasteiger partial charge is 0.253 e. The number of rotatable bonds is 3. The van der Waals surface area contributed by atoms with Gasteiger partial charge in [0.25, 0.3) is 5.91 Å². The van der Waals surface area contributed by atoms with Gasteiger partial charge in [-0.15, -0.1) is 0 Å². The first-order chi connectivity index (χ1) is 9.52. The summed E-state index contributed by atoms with van der Waals surface area (Å²) < 4.78 is 0. The molecule has 0 aromatic heterocycles. The van der Waals surface area contributed by atoms with Gasteiger partial charge in [0.05, 0.1) is 10.0 Å². The number of carbonyl (C=O) groups is 1. The zero-order valence-electron chi connectivity index (χ0n) is 10.9. The lowest BCUT2D eigenvalue weighted by molar-refractivity contribution is 0.00674. The summed E-state index contributed by atoms with van der Waals surface area (Å²) in [6, 6.07) is 4.87. The molecule has 4 nitrogen and oxygen atoms in total. The molecule has 20 heavy (non-hydrogen) atoms. The van der Waals surface area contributed by atoms with Crippen LogP contribution >= 0.6 is 23.2 Å². The number of hydrogen-bond donors (Lipinski definition) is 1. The fourth-order valence-electron chi connectivity index (χ4n) is 2.15. The zero-order valence-corrected chi connectivity index (χ0v) is 12.4. The van der Waals surface area contributed by atoms with Crippen LogP contribution in [0.3, 0.4) is 0 Å². The van der Waals surface area contributed by atoms with E-state index in [1.807, 2.05) is 4.90 Å². The second-order valence-electron chi connectivity index (χ2n) is 4.61. The number of carbonyl (C=O) groups excluding carboxylic acids is 1. The van der Waals surface area contributed by atoms with E-state index in [2.05, 4.69) is 6.58 Å². The van der Waals surface area contributed by atoms with Crippen LogP contribution in [0.15, 0.2) is 30.9 Å². The van der Waals surface area contributed by atoms with E-state index < -0.39 is 6.23 Å². The summed E-state index contributed by atoms with van der Waals surface area (Å²) in [6.45, 7) is 5.90. The predicted molar refractivity (Wildman–Crippen MR) is 80.1 cm³/mol. The van der Waals surface area contributed by atoms with Crippen LogP contribution in [0.4, 0.5) is 0 Å². The van der Waals surface area contributed by atoms with E-state index in [9.17, 15) is 9.90 Å². The monoisotopic (exact) mass is 314 g/mol. The summed E-state index contributed by atoms with van der Waals surface area (Å²) in [5, 5.41) is 10.5. The highest BCUT2D eigenvalue weighted by Crippen LogP contribution is 2.23. The van der Waals surface area contributed by atoms with Gasteiger partial charge in [-0.1, -0.05) is 29.8 Å². The molecule has 1 atom stereocenters. The van der Waals surface area contributed by atoms with Gasteiger partial charge in [-0.3, -0.25) is 9.69 Å². The van der Waals surface area contributed by atoms with Gasteiger partial charge in [0.2, 0.25) is 0 Å². The minimum atomic E-state index is -0.655. The molecule has 1 saturated heterocycles. The molecular weight excluding hydrogens is 299 g/mol. The number of aliphatic hydroxyl groups excluding tert-OH is 1. The van der Waals surface area contributed by atoms with Gasteiger partial charge < -0.3 is 10.0 Å². The second kappa shape index (κ2) is 6.59. The van der Waals surface area contributed by atoms with Gasteiger partial charge >= 0.3 is 0 Å². The van der Waals surface area contributed by atoms with E-state index in [0.29, 0.717) is 41.8 Å². The highest BCUT2D eigenvalue weighted by atomic mass is 35.5. The van der Waals surface area contributed by atoms with Crippen LogP contribution in [0.25, 0.3) is 0 Å². The Balaban J connectivity index is 2.01. The summed E-state index contributed by atoms with van der Waals surface area (Å²) >= 11 is 11.8. The van der Waals surface area contributed by atoms with Gasteiger partial charge in [-0.05, 0) is 24.3 Å². The maximum Gasteiger partial charge on any atom is 0.253 e. The van der Waals surface area contributed by atoms with Crippen LogP contribution in [0.1, 0.15) is 10.4 Å². The van der Waals surface area contributed by atoms with Crippen molar-refractivity contribution >= 4 is 29.1 Å². The highest BCUT2D eigenvalue weighted by molar-refractivity contribution is 6.42. The van der Waals surface area contributed by atoms with E-state index in [1.54, 1.807) is 23.1 Å². The third kappa shape index (κ3) is 3.33. The Morgan fingerprint density at radius 3 is 2.45 bits per heavy atom. The first kappa shape index (κ1) is 15.3. The van der Waals surface area contributed by atoms with Gasteiger partial charge in [0, 0.05) is 31.7 Å². The Kier molecular flexibility index (Phi) is 5.05. The van der Waals surface area contributed by atoms with Crippen molar-refractivity contribution in [1.29, 1.82) is 0 Å². The molecule has 1 amide bonds. The van der Waals surface area contributed by atoms with Gasteiger partial charge in [0.15, 0.2) is 0 Å². The molecule has 108 valence electrons. The first-order valence-electron chi connectivity index (χ1n) is 6.32. The second-order valence-corrected chi connectivity index (χ2v) is 5.42. The molecule has 2 rings (SSSR count). The molecule has 1 aromatic rings. The molecule has 1 aromatic carbocycles. The minimum Gasteiger partial charge on any atom is -0.375 e. The maximum absolute atomic E-state index is 12.3. The number of piperazine rings is 1. The number of nitrogens with zero attached hydrogens (tertiary/aromatic N) is 2. The molecular formula is C14H16Cl2N2O2. The summed E-state index contributed by atoms with van der Waals surface area (Å²) in [7, 11) is 0. The van der Waals surface area contributed by atoms with Crippen molar-refractivity contribution in [2.45, 2.75) is 6.23 Å². The van der Waals surface area contributed by atoms with Crippen molar-refractivity contribution in [1.82, 2.24) is 9.80 Å². The summed E-state index contributed by atoms with van der Waals surface area (Å²) in [5.74, 6) is -0.0729. The first-order valence-corrected chi connectivity index (χ1v) is 7.07. The fraction of sp³-hybridized carbons (Fsp3) is 0.357. The van der Waals surface area contributed by atoms with Crippen molar-refractivity contribution in [3.63, 3.8) is 0 Å². The lowest BCUT2D eigenvalue weighted by atomic mass is 10.2. The third-order valence-corrected chi connectivity index (χ3v) is 4.09. The maximum atomic E-state index is 12.3. The third-order valence-electron chi connectivity index (χ3n) is 3.35. The van der Waals surface area contributed by atoms with Crippen LogP contribution in [-0.2, 0) is 0 Å². The Morgan fingerprint density at radius 1 is 1.25 bits per heavy atom. The van der Waals surface area contributed by atoms with Gasteiger partial charge in [-0.25, -0.2) is 0 Å². The molecule has 1 aliphatic heterocycles. The SMILES string of the molecule is C=CC(O)N1CCN(C(=O)c2ccc(Cl)c(Cl)c2)CC1. The van der Waals surface area contributed by atoms with Crippen LogP contribution in [0.5, 0.6) is 0 Å². The highest BCUT2D eigenvalue weighted by Gasteiger charge is 2.24. The molecule has 0 saturated carbocycles. The molecule has 1 unspecified atom stereocenters. The topological polar surface area (TPSA) is 43.8 Å². The zero-order chi connectivity index (χ0) is 14.7. The number of amides is 1. The number of benzene rings is 1. The Labute approximate surface area is 128 Å². The number of halogens is 2. The van der Waals surface area contributed by atoms with Crippen LogP contribution < -0.4 is 0 Å². The van der Waals surface area contributed by atoms with Crippen molar-refractivity contribution in [3.05, 3.63) is 46.5 Å². The molecule has 1 N–H and O–H groups in total. The lowest BCUT2D eigenvalue weighted by Gasteiger charge is -2.36. The van der Waals surface area contributed by atoms with Crippen molar-refractivity contribution in [2.24, 2.45) is 0 Å². The normalized spacial score (nSPS) is 17.9. The van der Waals surface area contributed by atoms with Crippen LogP contribution in [0, 0.1) is 0 Å². The number of hydrogen-bond acceptors (Lipinski definition) is 3. The molecule has 0 radical (unpaired) electrons. The average molecular weight is 315 g/mol. The largest absolute Gasteiger partial charge is 0.375 e. The average Bonchev–Trinajstić information content (AvgIpc) is 2.48. The van der Waals surface area contributed by atoms with E-state index in [1.165, 1.54) is 6.08 Å². The quantitative estimate of drug-likeness (QED) is 0.870. The molecule has 0 spiro atoms. The molecule has 0 aliphatic carbocycles. The van der Waals surface area contributed by atoms with E-state index in [-0.39, 0.29) is 5.91 Å². The molecule has 1 fully saturated rings. The Bertz CT molecular complexity index is 514. The standard InChI is InChI=1S/C14H16Cl2N2O2/c1-2-13(19)17-5-7-18(8-6-17)14(20)10-3-4-11(15)12(16)9-10/h2-4,9,13,19H,1,5-8H2. The Morgan fingerprint density at radius 2 is 1.90 bits per heavy atom. The van der Waals surface area contributed by atoms with Crippen LogP contribution in [-0.4, -0.2) is 53.2 Å². The summed E-state index contributed by atoms with van der Waals surface area (Å²) in [5.41, 5.74) is 0.525. The summed E-state index contributed by atoms with van der Waals surface area (Å²) in [6.07, 6.45) is 0.827. The van der Waals surface area contributed by atoms with E-state index in [4.69, 9.17) is 23.2 Å². The van der Waals surface area contributed by atoms with E-state index >= 15 is 0 Å².